The van der Waals surface area contributed by atoms with Gasteiger partial charge in [0, 0.05) is 11.8 Å². The van der Waals surface area contributed by atoms with Crippen molar-refractivity contribution in [1.82, 2.24) is 20.2 Å². The van der Waals surface area contributed by atoms with Gasteiger partial charge in [0.2, 0.25) is 5.95 Å². The Kier molecular flexibility index (Phi) is 4.21. The van der Waals surface area contributed by atoms with E-state index in [1.54, 1.807) is 6.20 Å². The molecule has 0 aromatic carbocycles. The van der Waals surface area contributed by atoms with Crippen molar-refractivity contribution >= 4 is 34.6 Å². The zero-order valence-electron chi connectivity index (χ0n) is 10.4. The summed E-state index contributed by atoms with van der Waals surface area (Å²) in [6.45, 7) is 3.05. The summed E-state index contributed by atoms with van der Waals surface area (Å²) >= 11 is 1.85. The third-order valence-electron chi connectivity index (χ3n) is 2.68. The number of anilines is 2. The molecule has 2 aromatic rings. The van der Waals surface area contributed by atoms with Crippen molar-refractivity contribution in [2.45, 2.75) is 18.6 Å². The number of nitrogens with one attached hydrogen (secondary N) is 3. The van der Waals surface area contributed by atoms with Crippen molar-refractivity contribution in [1.29, 1.82) is 0 Å². The van der Waals surface area contributed by atoms with Crippen LogP contribution in [0, 0.1) is 0 Å². The SMILES string of the molecule is CSC(C)CCNc1nc(NN)nc2[nH]ncc12. The van der Waals surface area contributed by atoms with Gasteiger partial charge in [-0.2, -0.15) is 26.8 Å². The van der Waals surface area contributed by atoms with Gasteiger partial charge in [-0.05, 0) is 12.7 Å². The Morgan fingerprint density at radius 3 is 3.06 bits per heavy atom. The largest absolute Gasteiger partial charge is 0.369 e. The molecule has 0 radical (unpaired) electrons. The Balaban J connectivity index is 2.13. The molecule has 0 aliphatic heterocycles. The van der Waals surface area contributed by atoms with Gasteiger partial charge in [-0.15, -0.1) is 0 Å². The molecule has 0 saturated heterocycles. The predicted molar refractivity (Wildman–Crippen MR) is 75.6 cm³/mol. The molecular formula is C10H17N7S. The standard InChI is InChI=1S/C10H17N7S/c1-6(18-2)3-4-12-8-7-5-13-17-9(7)15-10(14-8)16-11/h5-6H,3-4,11H2,1-2H3,(H3,12,13,14,15,16,17). The molecule has 2 heterocycles. The number of aromatic amines is 1. The van der Waals surface area contributed by atoms with E-state index in [0.29, 0.717) is 16.8 Å². The molecule has 98 valence electrons. The van der Waals surface area contributed by atoms with Crippen LogP contribution in [-0.2, 0) is 0 Å². The Morgan fingerprint density at radius 1 is 1.50 bits per heavy atom. The van der Waals surface area contributed by atoms with Crippen LogP contribution in [0.3, 0.4) is 0 Å². The molecule has 5 N–H and O–H groups in total. The Labute approximate surface area is 109 Å². The van der Waals surface area contributed by atoms with Crippen molar-refractivity contribution < 1.29 is 0 Å². The number of nitrogens with zero attached hydrogens (tertiary/aromatic N) is 3. The third-order valence-corrected chi connectivity index (χ3v) is 3.72. The number of nitrogen functional groups attached to an aromatic ring is 1. The Bertz CT molecular complexity index is 512. The molecule has 0 fully saturated rings. The quantitative estimate of drug-likeness (QED) is 0.460. The summed E-state index contributed by atoms with van der Waals surface area (Å²) in [5, 5.41) is 11.5. The van der Waals surface area contributed by atoms with Crippen LogP contribution in [0.15, 0.2) is 6.20 Å². The molecule has 0 saturated carbocycles. The van der Waals surface area contributed by atoms with E-state index in [1.807, 2.05) is 11.8 Å². The average Bonchev–Trinajstić information content (AvgIpc) is 2.86. The number of hydrogen-bond acceptors (Lipinski definition) is 7. The molecule has 0 spiro atoms. The molecule has 1 atom stereocenters. The lowest BCUT2D eigenvalue weighted by molar-refractivity contribution is 0.850. The first-order chi connectivity index (χ1) is 8.74. The highest BCUT2D eigenvalue weighted by molar-refractivity contribution is 7.99. The van der Waals surface area contributed by atoms with E-state index in [1.165, 1.54) is 0 Å². The maximum atomic E-state index is 5.34. The van der Waals surface area contributed by atoms with E-state index in [4.69, 9.17) is 5.84 Å². The van der Waals surface area contributed by atoms with E-state index in [9.17, 15) is 0 Å². The molecule has 0 bridgehead atoms. The van der Waals surface area contributed by atoms with Crippen molar-refractivity contribution in [2.75, 3.05) is 23.5 Å². The van der Waals surface area contributed by atoms with E-state index in [2.05, 4.69) is 44.1 Å². The monoisotopic (exact) mass is 267 g/mol. The van der Waals surface area contributed by atoms with Gasteiger partial charge in [-0.25, -0.2) is 5.84 Å². The number of thioether (sulfide) groups is 1. The second-order valence-corrected chi connectivity index (χ2v) is 5.21. The van der Waals surface area contributed by atoms with Crippen molar-refractivity contribution in [3.8, 4) is 0 Å². The average molecular weight is 267 g/mol. The molecule has 2 rings (SSSR count). The van der Waals surface area contributed by atoms with E-state index in [0.717, 1.165) is 24.2 Å². The van der Waals surface area contributed by atoms with Crippen LogP contribution in [0.5, 0.6) is 0 Å². The minimum atomic E-state index is 0.368. The summed E-state index contributed by atoms with van der Waals surface area (Å²) in [5.74, 6) is 6.45. The Hall–Kier alpha value is -1.54. The second-order valence-electron chi connectivity index (χ2n) is 3.93. The highest BCUT2D eigenvalue weighted by atomic mass is 32.2. The van der Waals surface area contributed by atoms with Gasteiger partial charge >= 0.3 is 0 Å². The van der Waals surface area contributed by atoms with E-state index >= 15 is 0 Å². The topological polar surface area (TPSA) is 105 Å². The normalized spacial score (nSPS) is 12.6. The van der Waals surface area contributed by atoms with Gasteiger partial charge in [0.15, 0.2) is 5.65 Å². The van der Waals surface area contributed by atoms with Gasteiger partial charge in [-0.1, -0.05) is 6.92 Å². The second kappa shape index (κ2) is 5.87. The van der Waals surface area contributed by atoms with E-state index in [-0.39, 0.29) is 0 Å². The fourth-order valence-corrected chi connectivity index (χ4v) is 1.90. The molecule has 7 nitrogen and oxygen atoms in total. The smallest absolute Gasteiger partial charge is 0.241 e. The highest BCUT2D eigenvalue weighted by Gasteiger charge is 2.08. The van der Waals surface area contributed by atoms with Gasteiger partial charge in [-0.3, -0.25) is 10.5 Å². The number of hydrazine groups is 1. The first-order valence-electron chi connectivity index (χ1n) is 5.69. The Morgan fingerprint density at radius 2 is 2.33 bits per heavy atom. The van der Waals surface area contributed by atoms with Gasteiger partial charge in [0.05, 0.1) is 11.6 Å². The minimum Gasteiger partial charge on any atom is -0.369 e. The zero-order chi connectivity index (χ0) is 13.0. The lowest BCUT2D eigenvalue weighted by Crippen LogP contribution is -2.13. The number of hydrogen-bond donors (Lipinski definition) is 4. The third kappa shape index (κ3) is 2.82. The fourth-order valence-electron chi connectivity index (χ4n) is 1.55. The lowest BCUT2D eigenvalue weighted by Gasteiger charge is -2.10. The molecule has 18 heavy (non-hydrogen) atoms. The summed E-state index contributed by atoms with van der Waals surface area (Å²) in [7, 11) is 0. The maximum absolute atomic E-state index is 5.34. The van der Waals surface area contributed by atoms with E-state index < -0.39 is 0 Å². The summed E-state index contributed by atoms with van der Waals surface area (Å²) in [6.07, 6.45) is 4.88. The summed E-state index contributed by atoms with van der Waals surface area (Å²) in [5.41, 5.74) is 3.11. The number of H-pyrrole nitrogens is 1. The molecule has 8 heteroatoms. The van der Waals surface area contributed by atoms with Crippen LogP contribution >= 0.6 is 11.8 Å². The molecule has 0 amide bonds. The maximum Gasteiger partial charge on any atom is 0.241 e. The predicted octanol–water partition coefficient (Wildman–Crippen LogP) is 1.19. The first-order valence-corrected chi connectivity index (χ1v) is 6.97. The number of aromatic nitrogens is 4. The molecule has 2 aromatic heterocycles. The molecule has 0 aliphatic carbocycles. The minimum absolute atomic E-state index is 0.368. The van der Waals surface area contributed by atoms with Crippen LogP contribution in [0.2, 0.25) is 0 Å². The lowest BCUT2D eigenvalue weighted by atomic mass is 10.3. The van der Waals surface area contributed by atoms with Crippen LogP contribution in [0.25, 0.3) is 11.0 Å². The van der Waals surface area contributed by atoms with Crippen molar-refractivity contribution in [3.05, 3.63) is 6.20 Å². The van der Waals surface area contributed by atoms with Crippen molar-refractivity contribution in [3.63, 3.8) is 0 Å². The van der Waals surface area contributed by atoms with Gasteiger partial charge in [0.25, 0.3) is 0 Å². The first kappa shape index (κ1) is 12.9. The summed E-state index contributed by atoms with van der Waals surface area (Å²) in [6, 6.07) is 0. The van der Waals surface area contributed by atoms with Crippen LogP contribution < -0.4 is 16.6 Å². The molecular weight excluding hydrogens is 250 g/mol. The summed E-state index contributed by atoms with van der Waals surface area (Å²) in [4.78, 5) is 8.45. The highest BCUT2D eigenvalue weighted by Crippen LogP contribution is 2.20. The van der Waals surface area contributed by atoms with Crippen molar-refractivity contribution in [2.24, 2.45) is 5.84 Å². The number of fused-ring (bicyclic) bond motifs is 1. The van der Waals surface area contributed by atoms with Gasteiger partial charge < -0.3 is 5.32 Å². The van der Waals surface area contributed by atoms with Crippen LogP contribution in [0.1, 0.15) is 13.3 Å². The number of rotatable bonds is 6. The van der Waals surface area contributed by atoms with Crippen LogP contribution in [-0.4, -0.2) is 38.2 Å². The fraction of sp³-hybridized carbons (Fsp3) is 0.500. The number of nitrogens with two attached hydrogens (primary N) is 1. The summed E-state index contributed by atoms with van der Waals surface area (Å²) < 4.78 is 0. The zero-order valence-corrected chi connectivity index (χ0v) is 11.2. The van der Waals surface area contributed by atoms with Crippen LogP contribution in [0.4, 0.5) is 11.8 Å². The molecule has 1 unspecified atom stereocenters. The molecule has 0 aliphatic rings. The van der Waals surface area contributed by atoms with Gasteiger partial charge in [0.1, 0.15) is 5.82 Å².